The molecule has 0 aliphatic rings. The fourth-order valence-electron chi connectivity index (χ4n) is 1.08. The largest absolute Gasteiger partial charge is 0.459 e. The Morgan fingerprint density at radius 1 is 1.44 bits per heavy atom. The zero-order chi connectivity index (χ0) is 12.3. The van der Waals surface area contributed by atoms with Gasteiger partial charge < -0.3 is 4.74 Å². The lowest BCUT2D eigenvalue weighted by molar-refractivity contribution is -0.149. The molecule has 0 aliphatic carbocycles. The molecule has 1 aromatic carbocycles. The van der Waals surface area contributed by atoms with Crippen molar-refractivity contribution in [3.8, 4) is 0 Å². The minimum absolute atomic E-state index is 0.354. The fourth-order valence-corrected chi connectivity index (χ4v) is 1.54. The van der Waals surface area contributed by atoms with E-state index >= 15 is 0 Å². The predicted molar refractivity (Wildman–Crippen MR) is 63.3 cm³/mol. The van der Waals surface area contributed by atoms with E-state index in [1.807, 2.05) is 0 Å². The van der Waals surface area contributed by atoms with E-state index in [-0.39, 0.29) is 5.82 Å². The van der Waals surface area contributed by atoms with Crippen LogP contribution in [0.4, 0.5) is 4.39 Å². The van der Waals surface area contributed by atoms with Crippen molar-refractivity contribution in [2.45, 2.75) is 26.4 Å². The summed E-state index contributed by atoms with van der Waals surface area (Å²) in [4.78, 5) is 11.5. The molecule has 0 saturated carbocycles. The summed E-state index contributed by atoms with van der Waals surface area (Å²) in [6, 6.07) is 4.11. The van der Waals surface area contributed by atoms with Gasteiger partial charge in [-0.25, -0.2) is 4.39 Å². The number of esters is 1. The van der Waals surface area contributed by atoms with Gasteiger partial charge >= 0.3 is 5.97 Å². The fraction of sp³-hybridized carbons (Fsp3) is 0.333. The van der Waals surface area contributed by atoms with Crippen molar-refractivity contribution < 1.29 is 13.9 Å². The highest BCUT2D eigenvalue weighted by Gasteiger charge is 2.17. The first kappa shape index (κ1) is 13.2. The molecular weight excluding hydrogens is 275 g/mol. The molecule has 0 spiro atoms. The monoisotopic (exact) mass is 287 g/mol. The summed E-state index contributed by atoms with van der Waals surface area (Å²) in [6.07, 6.45) is 1.33. The van der Waals surface area contributed by atoms with Gasteiger partial charge in [-0.1, -0.05) is 22.0 Å². The number of rotatable bonds is 2. The van der Waals surface area contributed by atoms with Crippen molar-refractivity contribution in [2.24, 2.45) is 0 Å². The minimum Gasteiger partial charge on any atom is -0.459 e. The van der Waals surface area contributed by atoms with Crippen molar-refractivity contribution in [1.82, 2.24) is 0 Å². The molecule has 4 heteroatoms. The van der Waals surface area contributed by atoms with Crippen LogP contribution < -0.4 is 0 Å². The van der Waals surface area contributed by atoms with Crippen molar-refractivity contribution >= 4 is 21.9 Å². The van der Waals surface area contributed by atoms with Crippen LogP contribution in [0.15, 0.2) is 22.7 Å². The third-order valence-electron chi connectivity index (χ3n) is 1.64. The van der Waals surface area contributed by atoms with Crippen LogP contribution in [-0.2, 0) is 9.53 Å². The number of benzene rings is 1. The second-order valence-corrected chi connectivity index (χ2v) is 5.20. The molecule has 0 heterocycles. The van der Waals surface area contributed by atoms with Gasteiger partial charge in [-0.2, -0.15) is 0 Å². The van der Waals surface area contributed by atoms with Crippen molar-refractivity contribution in [2.75, 3.05) is 0 Å². The summed E-state index contributed by atoms with van der Waals surface area (Å²) in [5.74, 6) is -0.798. The first-order valence-electron chi connectivity index (χ1n) is 4.81. The van der Waals surface area contributed by atoms with Gasteiger partial charge in [0.1, 0.15) is 17.8 Å². The van der Waals surface area contributed by atoms with Crippen LogP contribution >= 0.6 is 15.9 Å². The number of halogens is 2. The maximum atomic E-state index is 12.8. The molecule has 0 unspecified atom stereocenters. The molecular formula is C12H13BrFO2. The molecule has 0 atom stereocenters. The second-order valence-electron chi connectivity index (χ2n) is 4.34. The standard InChI is InChI=1S/C12H13BrFO2/c1-12(2,3)16-11(15)6-8-4-5-9(14)7-10(8)13/h4-7H,1-3H3. The Labute approximate surface area is 103 Å². The van der Waals surface area contributed by atoms with Crippen LogP contribution in [0.2, 0.25) is 0 Å². The zero-order valence-corrected chi connectivity index (χ0v) is 11.0. The lowest BCUT2D eigenvalue weighted by Crippen LogP contribution is -2.24. The van der Waals surface area contributed by atoms with Gasteiger partial charge in [-0.05, 0) is 38.5 Å². The van der Waals surface area contributed by atoms with Crippen molar-refractivity contribution in [1.29, 1.82) is 0 Å². The van der Waals surface area contributed by atoms with Crippen molar-refractivity contribution in [3.05, 3.63) is 40.5 Å². The number of hydrogen-bond donors (Lipinski definition) is 0. The van der Waals surface area contributed by atoms with E-state index in [2.05, 4.69) is 15.9 Å². The van der Waals surface area contributed by atoms with Gasteiger partial charge in [0.2, 0.25) is 0 Å². The molecule has 0 aromatic heterocycles. The summed E-state index contributed by atoms with van der Waals surface area (Å²) in [5.41, 5.74) is 0.0655. The lowest BCUT2D eigenvalue weighted by Gasteiger charge is -2.19. The maximum absolute atomic E-state index is 12.8. The molecule has 0 saturated heterocycles. The molecule has 2 nitrogen and oxygen atoms in total. The van der Waals surface area contributed by atoms with Crippen LogP contribution in [-0.4, -0.2) is 11.6 Å². The van der Waals surface area contributed by atoms with E-state index in [0.717, 1.165) is 0 Å². The van der Waals surface area contributed by atoms with Gasteiger partial charge in [0.15, 0.2) is 0 Å². The highest BCUT2D eigenvalue weighted by Crippen LogP contribution is 2.21. The second kappa shape index (κ2) is 4.95. The predicted octanol–water partition coefficient (Wildman–Crippen LogP) is 3.48. The van der Waals surface area contributed by atoms with Crippen LogP contribution in [0.3, 0.4) is 0 Å². The first-order chi connectivity index (χ1) is 7.28. The Bertz CT molecular complexity index is 396. The molecule has 0 aliphatic heterocycles. The van der Waals surface area contributed by atoms with Gasteiger partial charge in [0.25, 0.3) is 0 Å². The minimum atomic E-state index is -0.528. The molecule has 1 rings (SSSR count). The van der Waals surface area contributed by atoms with Crippen molar-refractivity contribution in [3.63, 3.8) is 0 Å². The van der Waals surface area contributed by atoms with E-state index in [1.165, 1.54) is 24.6 Å². The van der Waals surface area contributed by atoms with Crippen LogP contribution in [0.1, 0.15) is 26.3 Å². The van der Waals surface area contributed by atoms with Gasteiger partial charge in [0, 0.05) is 4.47 Å². The number of carbonyl (C=O) groups excluding carboxylic acids is 1. The Hall–Kier alpha value is -0.900. The molecule has 87 valence electrons. The summed E-state index contributed by atoms with van der Waals surface area (Å²) in [5, 5.41) is 0. The maximum Gasteiger partial charge on any atom is 0.315 e. The van der Waals surface area contributed by atoms with Crippen LogP contribution in [0.25, 0.3) is 0 Å². The highest BCUT2D eigenvalue weighted by atomic mass is 79.9. The number of ether oxygens (including phenoxy) is 1. The smallest absolute Gasteiger partial charge is 0.315 e. The molecule has 0 amide bonds. The van der Waals surface area contributed by atoms with E-state index < -0.39 is 11.6 Å². The highest BCUT2D eigenvalue weighted by molar-refractivity contribution is 9.10. The first-order valence-corrected chi connectivity index (χ1v) is 5.60. The zero-order valence-electron chi connectivity index (χ0n) is 9.38. The SMILES string of the molecule is CC(C)(C)OC(=O)[CH]c1ccc(F)cc1Br. The molecule has 1 radical (unpaired) electrons. The van der Waals surface area contributed by atoms with Gasteiger partial charge in [0.05, 0.1) is 0 Å². The van der Waals surface area contributed by atoms with Crippen LogP contribution in [0, 0.1) is 12.2 Å². The Morgan fingerprint density at radius 3 is 2.56 bits per heavy atom. The summed E-state index contributed by atoms with van der Waals surface area (Å²) in [7, 11) is 0. The average Bonchev–Trinajstić information content (AvgIpc) is 2.06. The molecule has 16 heavy (non-hydrogen) atoms. The van der Waals surface area contributed by atoms with E-state index in [1.54, 1.807) is 20.8 Å². The lowest BCUT2D eigenvalue weighted by atomic mass is 10.1. The summed E-state index contributed by atoms with van der Waals surface area (Å²) >= 11 is 3.18. The molecule has 0 bridgehead atoms. The third-order valence-corrected chi connectivity index (χ3v) is 2.33. The van der Waals surface area contributed by atoms with Gasteiger partial charge in [-0.15, -0.1) is 0 Å². The quantitative estimate of drug-likeness (QED) is 0.779. The van der Waals surface area contributed by atoms with E-state index in [9.17, 15) is 9.18 Å². The Morgan fingerprint density at radius 2 is 2.06 bits per heavy atom. The number of hydrogen-bond acceptors (Lipinski definition) is 2. The van der Waals surface area contributed by atoms with Crippen LogP contribution in [0.5, 0.6) is 0 Å². The third kappa shape index (κ3) is 4.31. The summed E-state index contributed by atoms with van der Waals surface area (Å²) in [6.45, 7) is 5.37. The van der Waals surface area contributed by atoms with E-state index in [4.69, 9.17) is 4.74 Å². The number of carbonyl (C=O) groups is 1. The molecule has 0 fully saturated rings. The summed E-state index contributed by atoms with van der Waals surface area (Å²) < 4.78 is 18.4. The Balaban J connectivity index is 2.70. The molecule has 1 aromatic rings. The van der Waals surface area contributed by atoms with Gasteiger partial charge in [-0.3, -0.25) is 4.79 Å². The Kier molecular flexibility index (Phi) is 4.08. The topological polar surface area (TPSA) is 26.3 Å². The molecule has 0 N–H and O–H groups in total. The normalized spacial score (nSPS) is 11.3. The average molecular weight is 288 g/mol. The van der Waals surface area contributed by atoms with E-state index in [0.29, 0.717) is 10.0 Å².